The molecule has 0 unspecified atom stereocenters. The molecule has 4 heterocycles. The topological polar surface area (TPSA) is 65.0 Å². The van der Waals surface area contributed by atoms with Gasteiger partial charge in [-0.2, -0.15) is 0 Å². The molecule has 7 heteroatoms. The standard InChI is InChI=1S/C25H25N3O4/c1-30-18-5-6-20-19(16-18)26-25(23-3-2-10-28(20)23)8-11-27(12-9-25)24(29)17-4-7-21-22(15-17)32-14-13-31-21/h2-7,10,15-16,26H,8-9,11-14H2,1H3. The summed E-state index contributed by atoms with van der Waals surface area (Å²) < 4.78 is 18.9. The van der Waals surface area contributed by atoms with Crippen molar-refractivity contribution in [1.82, 2.24) is 9.47 Å². The van der Waals surface area contributed by atoms with Crippen LogP contribution in [0.15, 0.2) is 54.7 Å². The zero-order valence-corrected chi connectivity index (χ0v) is 18.0. The van der Waals surface area contributed by atoms with Gasteiger partial charge < -0.3 is 29.0 Å². The van der Waals surface area contributed by atoms with Crippen LogP contribution in [0.2, 0.25) is 0 Å². The van der Waals surface area contributed by atoms with Crippen molar-refractivity contribution in [3.8, 4) is 22.9 Å². The van der Waals surface area contributed by atoms with Crippen LogP contribution in [0.25, 0.3) is 5.69 Å². The van der Waals surface area contributed by atoms with Crippen molar-refractivity contribution in [2.24, 2.45) is 0 Å². The summed E-state index contributed by atoms with van der Waals surface area (Å²) >= 11 is 0. The van der Waals surface area contributed by atoms with E-state index in [1.54, 1.807) is 13.2 Å². The highest BCUT2D eigenvalue weighted by molar-refractivity contribution is 5.95. The number of methoxy groups -OCH3 is 1. The summed E-state index contributed by atoms with van der Waals surface area (Å²) in [7, 11) is 1.68. The Labute approximate surface area is 186 Å². The summed E-state index contributed by atoms with van der Waals surface area (Å²) in [6, 6.07) is 15.8. The first kappa shape index (κ1) is 19.1. The number of nitrogens with zero attached hydrogens (tertiary/aromatic N) is 2. The molecule has 7 nitrogen and oxygen atoms in total. The minimum Gasteiger partial charge on any atom is -0.497 e. The molecule has 32 heavy (non-hydrogen) atoms. The number of piperidine rings is 1. The van der Waals surface area contributed by atoms with Crippen molar-refractivity contribution >= 4 is 11.6 Å². The van der Waals surface area contributed by atoms with Crippen LogP contribution in [0.1, 0.15) is 28.9 Å². The highest BCUT2D eigenvalue weighted by Gasteiger charge is 2.42. The molecule has 0 bridgehead atoms. The largest absolute Gasteiger partial charge is 0.497 e. The lowest BCUT2D eigenvalue weighted by Gasteiger charge is -2.46. The van der Waals surface area contributed by atoms with E-state index in [-0.39, 0.29) is 11.4 Å². The maximum Gasteiger partial charge on any atom is 0.253 e. The Morgan fingerprint density at radius 1 is 1.03 bits per heavy atom. The molecule has 6 rings (SSSR count). The fraction of sp³-hybridized carbons (Fsp3) is 0.320. The van der Waals surface area contributed by atoms with Crippen LogP contribution in [0.4, 0.5) is 5.69 Å². The van der Waals surface area contributed by atoms with Crippen LogP contribution in [0.5, 0.6) is 17.2 Å². The van der Waals surface area contributed by atoms with Gasteiger partial charge in [-0.3, -0.25) is 4.79 Å². The van der Waals surface area contributed by atoms with Gasteiger partial charge in [0.2, 0.25) is 0 Å². The Bertz CT molecular complexity index is 1190. The van der Waals surface area contributed by atoms with Crippen molar-refractivity contribution in [1.29, 1.82) is 0 Å². The van der Waals surface area contributed by atoms with E-state index in [1.807, 2.05) is 29.2 Å². The van der Waals surface area contributed by atoms with Gasteiger partial charge >= 0.3 is 0 Å². The molecule has 1 saturated heterocycles. The smallest absolute Gasteiger partial charge is 0.253 e. The molecule has 0 aliphatic carbocycles. The minimum absolute atomic E-state index is 0.0325. The van der Waals surface area contributed by atoms with Gasteiger partial charge in [-0.1, -0.05) is 0 Å². The van der Waals surface area contributed by atoms with E-state index in [9.17, 15) is 4.79 Å². The summed E-state index contributed by atoms with van der Waals surface area (Å²) in [6.07, 6.45) is 3.75. The van der Waals surface area contributed by atoms with Crippen LogP contribution in [0, 0.1) is 0 Å². The third-order valence-electron chi connectivity index (χ3n) is 6.77. The molecule has 3 aromatic rings. The third-order valence-corrected chi connectivity index (χ3v) is 6.77. The van der Waals surface area contributed by atoms with Gasteiger partial charge in [-0.25, -0.2) is 0 Å². The normalized spacial score (nSPS) is 17.8. The molecule has 1 aromatic heterocycles. The van der Waals surface area contributed by atoms with E-state index < -0.39 is 0 Å². The predicted molar refractivity (Wildman–Crippen MR) is 120 cm³/mol. The van der Waals surface area contributed by atoms with Crippen LogP contribution < -0.4 is 19.5 Å². The molecular weight excluding hydrogens is 406 g/mol. The molecule has 1 spiro atoms. The van der Waals surface area contributed by atoms with Crippen molar-refractivity contribution in [2.45, 2.75) is 18.4 Å². The zero-order chi connectivity index (χ0) is 21.7. The molecular formula is C25H25N3O4. The van der Waals surface area contributed by atoms with Crippen molar-refractivity contribution in [3.63, 3.8) is 0 Å². The number of likely N-dealkylation sites (tertiary alicyclic amines) is 1. The first-order valence-corrected chi connectivity index (χ1v) is 11.0. The molecule has 0 radical (unpaired) electrons. The zero-order valence-electron chi connectivity index (χ0n) is 18.0. The first-order valence-electron chi connectivity index (χ1n) is 11.0. The summed E-state index contributed by atoms with van der Waals surface area (Å²) in [6.45, 7) is 2.39. The Kier molecular flexibility index (Phi) is 4.31. The summed E-state index contributed by atoms with van der Waals surface area (Å²) in [5.74, 6) is 2.21. The van der Waals surface area contributed by atoms with Gasteiger partial charge in [0.15, 0.2) is 11.5 Å². The fourth-order valence-electron chi connectivity index (χ4n) is 5.09. The molecule has 3 aliphatic rings. The molecule has 1 N–H and O–H groups in total. The highest BCUT2D eigenvalue weighted by atomic mass is 16.6. The average molecular weight is 431 g/mol. The number of amides is 1. The summed E-state index contributed by atoms with van der Waals surface area (Å²) in [4.78, 5) is 15.2. The molecule has 3 aliphatic heterocycles. The van der Waals surface area contributed by atoms with Crippen LogP contribution >= 0.6 is 0 Å². The molecule has 1 amide bonds. The average Bonchev–Trinajstić information content (AvgIpc) is 3.35. The number of rotatable bonds is 2. The van der Waals surface area contributed by atoms with Gasteiger partial charge in [0.05, 0.1) is 24.0 Å². The Hall–Kier alpha value is -3.61. The number of hydrogen-bond acceptors (Lipinski definition) is 5. The number of aromatic nitrogens is 1. The lowest BCUT2D eigenvalue weighted by Crippen LogP contribution is -2.51. The van der Waals surface area contributed by atoms with Gasteiger partial charge in [0.1, 0.15) is 19.0 Å². The van der Waals surface area contributed by atoms with Gasteiger partial charge in [-0.05, 0) is 55.3 Å². The number of fused-ring (bicyclic) bond motifs is 5. The second-order valence-electron chi connectivity index (χ2n) is 8.50. The van der Waals surface area contributed by atoms with Gasteiger partial charge in [0, 0.05) is 36.6 Å². The number of nitrogens with one attached hydrogen (secondary N) is 1. The number of hydrogen-bond donors (Lipinski definition) is 1. The second-order valence-corrected chi connectivity index (χ2v) is 8.50. The molecule has 2 aromatic carbocycles. The van der Waals surface area contributed by atoms with E-state index in [2.05, 4.69) is 34.3 Å². The number of carbonyl (C=O) groups is 1. The van der Waals surface area contributed by atoms with Gasteiger partial charge in [0.25, 0.3) is 5.91 Å². The number of benzene rings is 2. The van der Waals surface area contributed by atoms with E-state index in [0.717, 1.165) is 30.0 Å². The summed E-state index contributed by atoms with van der Waals surface area (Å²) in [5.41, 5.74) is 3.83. The molecule has 164 valence electrons. The SMILES string of the molecule is COc1ccc2c(c1)NC1(CCN(C(=O)c3ccc4c(c3)OCCO4)CC1)c1cccn1-2. The van der Waals surface area contributed by atoms with Crippen molar-refractivity contribution in [2.75, 3.05) is 38.7 Å². The third kappa shape index (κ3) is 2.92. The summed E-state index contributed by atoms with van der Waals surface area (Å²) in [5, 5.41) is 3.79. The van der Waals surface area contributed by atoms with Crippen LogP contribution in [-0.2, 0) is 5.54 Å². The lowest BCUT2D eigenvalue weighted by atomic mass is 9.82. The molecule has 0 saturated carbocycles. The Morgan fingerprint density at radius 3 is 2.66 bits per heavy atom. The number of ether oxygens (including phenoxy) is 3. The lowest BCUT2D eigenvalue weighted by molar-refractivity contribution is 0.0675. The Morgan fingerprint density at radius 2 is 1.84 bits per heavy atom. The van der Waals surface area contributed by atoms with Crippen molar-refractivity contribution < 1.29 is 19.0 Å². The van der Waals surface area contributed by atoms with E-state index in [1.165, 1.54) is 5.69 Å². The van der Waals surface area contributed by atoms with E-state index in [0.29, 0.717) is 43.4 Å². The first-order chi connectivity index (χ1) is 15.7. The van der Waals surface area contributed by atoms with Crippen LogP contribution in [-0.4, -0.2) is 48.8 Å². The number of anilines is 1. The monoisotopic (exact) mass is 431 g/mol. The second kappa shape index (κ2) is 7.22. The number of carbonyl (C=O) groups excluding carboxylic acids is 1. The highest BCUT2D eigenvalue weighted by Crippen LogP contribution is 2.44. The molecule has 1 fully saturated rings. The maximum absolute atomic E-state index is 13.2. The van der Waals surface area contributed by atoms with E-state index >= 15 is 0 Å². The Balaban J connectivity index is 1.25. The molecule has 0 atom stereocenters. The van der Waals surface area contributed by atoms with Crippen molar-refractivity contribution in [3.05, 3.63) is 66.0 Å². The predicted octanol–water partition coefficient (Wildman–Crippen LogP) is 3.81. The quantitative estimate of drug-likeness (QED) is 0.669. The fourth-order valence-corrected chi connectivity index (χ4v) is 5.09. The van der Waals surface area contributed by atoms with Gasteiger partial charge in [-0.15, -0.1) is 0 Å². The van der Waals surface area contributed by atoms with Crippen LogP contribution in [0.3, 0.4) is 0 Å². The minimum atomic E-state index is -0.216. The maximum atomic E-state index is 13.2. The van der Waals surface area contributed by atoms with E-state index in [4.69, 9.17) is 14.2 Å².